The van der Waals surface area contributed by atoms with Crippen LogP contribution in [0.3, 0.4) is 0 Å². The van der Waals surface area contributed by atoms with E-state index in [2.05, 4.69) is 21.2 Å². The third-order valence-electron chi connectivity index (χ3n) is 3.15. The van der Waals surface area contributed by atoms with Crippen LogP contribution in [0.4, 0.5) is 0 Å². The van der Waals surface area contributed by atoms with Crippen molar-refractivity contribution in [3.05, 3.63) is 52.9 Å². The van der Waals surface area contributed by atoms with E-state index < -0.39 is 0 Å². The number of ether oxygens (including phenoxy) is 1. The minimum absolute atomic E-state index is 0.00943. The Balaban J connectivity index is 1.81. The summed E-state index contributed by atoms with van der Waals surface area (Å²) in [6.07, 6.45) is 1.63. The Morgan fingerprint density at radius 2 is 2.18 bits per heavy atom. The lowest BCUT2D eigenvalue weighted by Crippen LogP contribution is -2.36. The molecule has 1 heterocycles. The van der Waals surface area contributed by atoms with Gasteiger partial charge in [-0.05, 0) is 44.4 Å². The number of nitrogens with zero attached hydrogens (tertiary/aromatic N) is 1. The third-order valence-corrected chi connectivity index (χ3v) is 3.65. The highest BCUT2D eigenvalue weighted by Gasteiger charge is 2.17. The number of carbonyl (C=O) groups excluding carboxylic acids is 1. The molecule has 22 heavy (non-hydrogen) atoms. The molecule has 0 aliphatic heterocycles. The van der Waals surface area contributed by atoms with Crippen molar-refractivity contribution in [1.29, 1.82) is 0 Å². The molecule has 0 radical (unpaired) electrons. The molecule has 1 aromatic carbocycles. The van der Waals surface area contributed by atoms with Crippen molar-refractivity contribution in [1.82, 2.24) is 10.2 Å². The van der Waals surface area contributed by atoms with E-state index in [0.717, 1.165) is 10.2 Å². The number of amides is 1. The van der Waals surface area contributed by atoms with E-state index in [9.17, 15) is 4.79 Å². The molecule has 0 fully saturated rings. The molecule has 0 bridgehead atoms. The van der Waals surface area contributed by atoms with Crippen molar-refractivity contribution in [2.45, 2.75) is 6.04 Å². The summed E-state index contributed by atoms with van der Waals surface area (Å²) >= 11 is 3.36. The number of carbonyl (C=O) groups is 1. The molecule has 0 spiro atoms. The Bertz CT molecular complexity index is 599. The Labute approximate surface area is 138 Å². The second kappa shape index (κ2) is 8.00. The zero-order valence-electron chi connectivity index (χ0n) is 12.6. The molecule has 6 heteroatoms. The average molecular weight is 367 g/mol. The summed E-state index contributed by atoms with van der Waals surface area (Å²) in [5.41, 5.74) is 0. The highest BCUT2D eigenvalue weighted by molar-refractivity contribution is 9.10. The maximum atomic E-state index is 11.9. The number of nitrogens with one attached hydrogen (secondary N) is 1. The van der Waals surface area contributed by atoms with Gasteiger partial charge in [0.25, 0.3) is 5.91 Å². The topological polar surface area (TPSA) is 54.7 Å². The maximum Gasteiger partial charge on any atom is 0.258 e. The number of likely N-dealkylation sites (N-methyl/N-ethyl adjacent to an activating group) is 1. The first-order valence-corrected chi connectivity index (χ1v) is 7.70. The van der Waals surface area contributed by atoms with Gasteiger partial charge in [-0.1, -0.05) is 22.0 Å². The molecule has 1 amide bonds. The van der Waals surface area contributed by atoms with Crippen LogP contribution in [0.5, 0.6) is 5.75 Å². The van der Waals surface area contributed by atoms with Crippen LogP contribution in [0.1, 0.15) is 11.8 Å². The van der Waals surface area contributed by atoms with Gasteiger partial charge in [0, 0.05) is 11.0 Å². The fourth-order valence-electron chi connectivity index (χ4n) is 1.99. The van der Waals surface area contributed by atoms with E-state index >= 15 is 0 Å². The Kier molecular flexibility index (Phi) is 6.03. The third kappa shape index (κ3) is 4.89. The van der Waals surface area contributed by atoms with Crippen LogP contribution < -0.4 is 10.1 Å². The van der Waals surface area contributed by atoms with Gasteiger partial charge in [-0.3, -0.25) is 9.69 Å². The van der Waals surface area contributed by atoms with Crippen molar-refractivity contribution in [2.75, 3.05) is 27.2 Å². The SMILES string of the molecule is CN(C)[C@@H](CNC(=O)COc1cccc(Br)c1)c1ccco1. The van der Waals surface area contributed by atoms with E-state index in [1.807, 2.05) is 55.4 Å². The smallest absolute Gasteiger partial charge is 0.258 e. The predicted molar refractivity (Wildman–Crippen MR) is 87.8 cm³/mol. The molecule has 1 atom stereocenters. The van der Waals surface area contributed by atoms with Gasteiger partial charge in [-0.25, -0.2) is 0 Å². The van der Waals surface area contributed by atoms with Crippen molar-refractivity contribution in [3.8, 4) is 5.75 Å². The van der Waals surface area contributed by atoms with Crippen molar-refractivity contribution in [3.63, 3.8) is 0 Å². The number of hydrogen-bond acceptors (Lipinski definition) is 4. The van der Waals surface area contributed by atoms with E-state index in [4.69, 9.17) is 9.15 Å². The fourth-order valence-corrected chi connectivity index (χ4v) is 2.36. The first-order valence-electron chi connectivity index (χ1n) is 6.91. The van der Waals surface area contributed by atoms with Gasteiger partial charge in [-0.2, -0.15) is 0 Å². The van der Waals surface area contributed by atoms with Gasteiger partial charge in [0.15, 0.2) is 6.61 Å². The highest BCUT2D eigenvalue weighted by Crippen LogP contribution is 2.18. The van der Waals surface area contributed by atoms with Crippen LogP contribution in [0.2, 0.25) is 0 Å². The summed E-state index contributed by atoms with van der Waals surface area (Å²) in [7, 11) is 3.88. The summed E-state index contributed by atoms with van der Waals surface area (Å²) in [6.45, 7) is 0.440. The molecule has 0 aliphatic rings. The molecule has 1 N–H and O–H groups in total. The molecule has 2 aromatic rings. The first-order chi connectivity index (χ1) is 10.6. The van der Waals surface area contributed by atoms with Crippen LogP contribution in [0.15, 0.2) is 51.6 Å². The van der Waals surface area contributed by atoms with Gasteiger partial charge in [0.1, 0.15) is 11.5 Å². The van der Waals surface area contributed by atoms with Crippen LogP contribution in [0.25, 0.3) is 0 Å². The van der Waals surface area contributed by atoms with Crippen LogP contribution in [0, 0.1) is 0 Å². The minimum Gasteiger partial charge on any atom is -0.484 e. The summed E-state index contributed by atoms with van der Waals surface area (Å²) in [6, 6.07) is 11.1. The summed E-state index contributed by atoms with van der Waals surface area (Å²) in [5.74, 6) is 1.30. The quantitative estimate of drug-likeness (QED) is 0.818. The predicted octanol–water partition coefficient (Wildman–Crippen LogP) is 2.84. The lowest BCUT2D eigenvalue weighted by atomic mass is 10.2. The van der Waals surface area contributed by atoms with Crippen LogP contribution in [-0.2, 0) is 4.79 Å². The highest BCUT2D eigenvalue weighted by atomic mass is 79.9. The van der Waals surface area contributed by atoms with E-state index in [1.54, 1.807) is 6.26 Å². The monoisotopic (exact) mass is 366 g/mol. The lowest BCUT2D eigenvalue weighted by molar-refractivity contribution is -0.123. The summed E-state index contributed by atoms with van der Waals surface area (Å²) in [4.78, 5) is 13.9. The molecule has 0 saturated carbocycles. The van der Waals surface area contributed by atoms with Gasteiger partial charge >= 0.3 is 0 Å². The first kappa shape index (κ1) is 16.6. The fraction of sp³-hybridized carbons (Fsp3) is 0.312. The largest absolute Gasteiger partial charge is 0.484 e. The molecule has 118 valence electrons. The van der Waals surface area contributed by atoms with Crippen LogP contribution >= 0.6 is 15.9 Å². The number of hydrogen-bond donors (Lipinski definition) is 1. The van der Waals surface area contributed by atoms with Gasteiger partial charge in [0.05, 0.1) is 12.3 Å². The van der Waals surface area contributed by atoms with E-state index in [0.29, 0.717) is 12.3 Å². The Morgan fingerprint density at radius 3 is 2.82 bits per heavy atom. The maximum absolute atomic E-state index is 11.9. The normalized spacial score (nSPS) is 12.2. The van der Waals surface area contributed by atoms with Crippen molar-refractivity contribution < 1.29 is 13.9 Å². The average Bonchev–Trinajstić information content (AvgIpc) is 2.99. The minimum atomic E-state index is -0.168. The Morgan fingerprint density at radius 1 is 1.36 bits per heavy atom. The number of furan rings is 1. The lowest BCUT2D eigenvalue weighted by Gasteiger charge is -2.22. The zero-order valence-corrected chi connectivity index (χ0v) is 14.2. The summed E-state index contributed by atoms with van der Waals surface area (Å²) < 4.78 is 11.8. The molecule has 0 saturated heterocycles. The van der Waals surface area contributed by atoms with Gasteiger partial charge < -0.3 is 14.5 Å². The Hall–Kier alpha value is -1.79. The zero-order chi connectivity index (χ0) is 15.9. The molecular weight excluding hydrogens is 348 g/mol. The van der Waals surface area contributed by atoms with Crippen molar-refractivity contribution >= 4 is 21.8 Å². The van der Waals surface area contributed by atoms with Gasteiger partial charge in [-0.15, -0.1) is 0 Å². The van der Waals surface area contributed by atoms with Gasteiger partial charge in [0.2, 0.25) is 0 Å². The van der Waals surface area contributed by atoms with Crippen LogP contribution in [-0.4, -0.2) is 38.1 Å². The molecule has 0 aliphatic carbocycles. The molecule has 0 unspecified atom stereocenters. The van der Waals surface area contributed by atoms with Crippen molar-refractivity contribution in [2.24, 2.45) is 0 Å². The van der Waals surface area contributed by atoms with E-state index in [1.165, 1.54) is 0 Å². The van der Waals surface area contributed by atoms with E-state index in [-0.39, 0.29) is 18.6 Å². The number of benzene rings is 1. The molecule has 1 aromatic heterocycles. The second-order valence-corrected chi connectivity index (χ2v) is 5.96. The second-order valence-electron chi connectivity index (χ2n) is 5.04. The number of halogens is 1. The number of rotatable bonds is 7. The molecular formula is C16H19BrN2O3. The standard InChI is InChI=1S/C16H19BrN2O3/c1-19(2)14(15-7-4-8-21-15)10-18-16(20)11-22-13-6-3-5-12(17)9-13/h3-9,14H,10-11H2,1-2H3,(H,18,20)/t14-/m0/s1. The summed E-state index contributed by atoms with van der Waals surface area (Å²) in [5, 5.41) is 2.86. The molecule has 5 nitrogen and oxygen atoms in total. The molecule has 2 rings (SSSR count).